The van der Waals surface area contributed by atoms with E-state index in [9.17, 15) is 0 Å². The smallest absolute Gasteiger partial charge is 0.0640 e. The molecule has 2 fully saturated rings. The van der Waals surface area contributed by atoms with E-state index in [0.29, 0.717) is 23.0 Å². The summed E-state index contributed by atoms with van der Waals surface area (Å²) in [5, 5.41) is 0. The van der Waals surface area contributed by atoms with Crippen molar-refractivity contribution in [2.75, 3.05) is 0 Å². The van der Waals surface area contributed by atoms with Crippen LogP contribution in [0.25, 0.3) is 0 Å². The number of ether oxygens (including phenoxy) is 1. The van der Waals surface area contributed by atoms with Gasteiger partial charge in [-0.25, -0.2) is 0 Å². The summed E-state index contributed by atoms with van der Waals surface area (Å²) in [5.41, 5.74) is 0.925. The molecule has 0 aromatic carbocycles. The molecule has 0 aromatic rings. The van der Waals surface area contributed by atoms with Gasteiger partial charge in [-0.1, -0.05) is 20.8 Å². The van der Waals surface area contributed by atoms with Gasteiger partial charge in [0.05, 0.1) is 12.2 Å². The largest absolute Gasteiger partial charge is 0.375 e. The van der Waals surface area contributed by atoms with E-state index in [2.05, 4.69) is 34.6 Å². The highest BCUT2D eigenvalue weighted by Crippen LogP contribution is 2.66. The van der Waals surface area contributed by atoms with Gasteiger partial charge in [-0.3, -0.25) is 0 Å². The Labute approximate surface area is 88.2 Å². The molecule has 0 N–H and O–H groups in total. The predicted molar refractivity (Wildman–Crippen MR) is 59.2 cm³/mol. The lowest BCUT2D eigenvalue weighted by Gasteiger charge is -2.39. The fourth-order valence-corrected chi connectivity index (χ4v) is 3.66. The van der Waals surface area contributed by atoms with Crippen LogP contribution in [-0.2, 0) is 4.74 Å². The van der Waals surface area contributed by atoms with Gasteiger partial charge in [0.1, 0.15) is 0 Å². The molecule has 3 atom stereocenters. The molecule has 2 aliphatic carbocycles. The maximum absolute atomic E-state index is 6.08. The van der Waals surface area contributed by atoms with Gasteiger partial charge in [0, 0.05) is 0 Å². The summed E-state index contributed by atoms with van der Waals surface area (Å²) in [5.74, 6) is 0.899. The first kappa shape index (κ1) is 10.5. The van der Waals surface area contributed by atoms with Crippen molar-refractivity contribution in [1.82, 2.24) is 0 Å². The van der Waals surface area contributed by atoms with Gasteiger partial charge >= 0.3 is 0 Å². The molecule has 0 radical (unpaired) electrons. The van der Waals surface area contributed by atoms with Crippen molar-refractivity contribution in [3.8, 4) is 0 Å². The van der Waals surface area contributed by atoms with Crippen LogP contribution in [0.5, 0.6) is 0 Å². The SMILES string of the molecule is CC(C)OC1C[C@H]2CC[C@@]1(C)C2(C)C. The molecule has 2 saturated carbocycles. The predicted octanol–water partition coefficient (Wildman–Crippen LogP) is 3.63. The minimum Gasteiger partial charge on any atom is -0.375 e. The molecule has 14 heavy (non-hydrogen) atoms. The summed E-state index contributed by atoms with van der Waals surface area (Å²) in [6.07, 6.45) is 4.97. The van der Waals surface area contributed by atoms with Gasteiger partial charge in [0.15, 0.2) is 0 Å². The third kappa shape index (κ3) is 1.18. The lowest BCUT2D eigenvalue weighted by molar-refractivity contribution is -0.0740. The fraction of sp³-hybridized carbons (Fsp3) is 1.00. The molecule has 0 amide bonds. The van der Waals surface area contributed by atoms with Gasteiger partial charge in [-0.2, -0.15) is 0 Å². The molecule has 0 spiro atoms. The second kappa shape index (κ2) is 2.98. The molecule has 0 aromatic heterocycles. The van der Waals surface area contributed by atoms with Crippen molar-refractivity contribution >= 4 is 0 Å². The van der Waals surface area contributed by atoms with E-state index in [1.807, 2.05) is 0 Å². The van der Waals surface area contributed by atoms with Crippen molar-refractivity contribution in [1.29, 1.82) is 0 Å². The highest BCUT2D eigenvalue weighted by atomic mass is 16.5. The number of fused-ring (bicyclic) bond motifs is 2. The minimum atomic E-state index is 0.381. The van der Waals surface area contributed by atoms with Gasteiger partial charge in [-0.05, 0) is 49.9 Å². The van der Waals surface area contributed by atoms with Crippen molar-refractivity contribution in [2.24, 2.45) is 16.7 Å². The maximum atomic E-state index is 6.08. The Morgan fingerprint density at radius 1 is 1.21 bits per heavy atom. The zero-order valence-electron chi connectivity index (χ0n) is 10.3. The van der Waals surface area contributed by atoms with Gasteiger partial charge in [0.2, 0.25) is 0 Å². The molecule has 0 saturated heterocycles. The second-order valence-corrected chi connectivity index (χ2v) is 6.28. The van der Waals surface area contributed by atoms with Crippen molar-refractivity contribution < 1.29 is 4.74 Å². The highest BCUT2D eigenvalue weighted by molar-refractivity contribution is 5.11. The highest BCUT2D eigenvalue weighted by Gasteiger charge is 2.61. The van der Waals surface area contributed by atoms with Crippen molar-refractivity contribution in [3.05, 3.63) is 0 Å². The van der Waals surface area contributed by atoms with E-state index in [1.165, 1.54) is 19.3 Å². The summed E-state index contributed by atoms with van der Waals surface area (Å²) in [6, 6.07) is 0. The van der Waals surface area contributed by atoms with E-state index in [-0.39, 0.29) is 0 Å². The summed E-state index contributed by atoms with van der Waals surface area (Å²) >= 11 is 0. The molecule has 2 rings (SSSR count). The first-order chi connectivity index (χ1) is 6.38. The summed E-state index contributed by atoms with van der Waals surface area (Å²) in [6.45, 7) is 11.6. The van der Waals surface area contributed by atoms with E-state index in [4.69, 9.17) is 4.74 Å². The van der Waals surface area contributed by atoms with Crippen molar-refractivity contribution in [3.63, 3.8) is 0 Å². The quantitative estimate of drug-likeness (QED) is 0.655. The first-order valence-electron chi connectivity index (χ1n) is 6.03. The third-order valence-corrected chi connectivity index (χ3v) is 5.15. The lowest BCUT2D eigenvalue weighted by Crippen LogP contribution is -2.38. The van der Waals surface area contributed by atoms with E-state index in [0.717, 1.165) is 5.92 Å². The van der Waals surface area contributed by atoms with Crippen LogP contribution >= 0.6 is 0 Å². The molecule has 2 aliphatic rings. The number of hydrogen-bond donors (Lipinski definition) is 0. The van der Waals surface area contributed by atoms with Crippen LogP contribution in [0.4, 0.5) is 0 Å². The van der Waals surface area contributed by atoms with Crippen LogP contribution in [-0.4, -0.2) is 12.2 Å². The maximum Gasteiger partial charge on any atom is 0.0640 e. The van der Waals surface area contributed by atoms with Crippen molar-refractivity contribution in [2.45, 2.75) is 66.1 Å². The second-order valence-electron chi connectivity index (χ2n) is 6.28. The van der Waals surface area contributed by atoms with Crippen LogP contribution < -0.4 is 0 Å². The van der Waals surface area contributed by atoms with Gasteiger partial charge in [0.25, 0.3) is 0 Å². The Bertz CT molecular complexity index is 231. The first-order valence-corrected chi connectivity index (χ1v) is 6.03. The normalized spacial score (nSPS) is 45.0. The molecule has 1 heteroatoms. The van der Waals surface area contributed by atoms with E-state index < -0.39 is 0 Å². The topological polar surface area (TPSA) is 9.23 Å². The average Bonchev–Trinajstić information content (AvgIpc) is 2.35. The Balaban J connectivity index is 2.19. The number of hydrogen-bond acceptors (Lipinski definition) is 1. The molecule has 0 aliphatic heterocycles. The Kier molecular flexibility index (Phi) is 2.23. The molecular formula is C13H24O. The van der Waals surface area contributed by atoms with E-state index in [1.54, 1.807) is 0 Å². The zero-order valence-corrected chi connectivity index (χ0v) is 10.3. The Hall–Kier alpha value is -0.0400. The van der Waals surface area contributed by atoms with Gasteiger partial charge < -0.3 is 4.74 Å². The Morgan fingerprint density at radius 2 is 1.86 bits per heavy atom. The average molecular weight is 196 g/mol. The van der Waals surface area contributed by atoms with Crippen LogP contribution in [0.1, 0.15) is 53.9 Å². The molecule has 1 unspecified atom stereocenters. The van der Waals surface area contributed by atoms with Gasteiger partial charge in [-0.15, -0.1) is 0 Å². The monoisotopic (exact) mass is 196 g/mol. The molecule has 0 heterocycles. The number of rotatable bonds is 2. The molecule has 82 valence electrons. The summed E-state index contributed by atoms with van der Waals surface area (Å²) in [7, 11) is 0. The van der Waals surface area contributed by atoms with Crippen LogP contribution in [0.2, 0.25) is 0 Å². The lowest BCUT2D eigenvalue weighted by atomic mass is 9.70. The molecular weight excluding hydrogens is 172 g/mol. The molecule has 2 bridgehead atoms. The standard InChI is InChI=1S/C13H24O/c1-9(2)14-11-8-10-6-7-13(11,5)12(10,3)4/h9-11H,6-8H2,1-5H3/t10-,11?,13-/m1/s1. The zero-order chi connectivity index (χ0) is 10.6. The Morgan fingerprint density at radius 3 is 2.21 bits per heavy atom. The minimum absolute atomic E-state index is 0.381. The van der Waals surface area contributed by atoms with E-state index >= 15 is 0 Å². The molecule has 1 nitrogen and oxygen atoms in total. The summed E-state index contributed by atoms with van der Waals surface area (Å²) in [4.78, 5) is 0. The fourth-order valence-electron chi connectivity index (χ4n) is 3.66. The summed E-state index contributed by atoms with van der Waals surface area (Å²) < 4.78 is 6.08. The van der Waals surface area contributed by atoms with Crippen LogP contribution in [0.3, 0.4) is 0 Å². The van der Waals surface area contributed by atoms with Crippen LogP contribution in [0.15, 0.2) is 0 Å². The third-order valence-electron chi connectivity index (χ3n) is 5.15. The van der Waals surface area contributed by atoms with Crippen LogP contribution in [0, 0.1) is 16.7 Å².